The van der Waals surface area contributed by atoms with Crippen LogP contribution in [0.15, 0.2) is 127 Å². The molecular formula is C55H58N4O10S2. The number of fused-ring (bicyclic) bond motifs is 2. The molecule has 2 aromatic heterocycles. The lowest BCUT2D eigenvalue weighted by atomic mass is 9.95. The number of carbonyl (C=O) groups is 4. The number of carbonyl (C=O) groups excluding carboxylic acids is 4. The summed E-state index contributed by atoms with van der Waals surface area (Å²) in [7, 11) is 0. The third kappa shape index (κ3) is 15.2. The van der Waals surface area contributed by atoms with Crippen LogP contribution in [0.5, 0.6) is 17.2 Å². The van der Waals surface area contributed by atoms with Crippen LogP contribution < -0.4 is 19.2 Å². The summed E-state index contributed by atoms with van der Waals surface area (Å²) < 4.78 is 35.0. The molecule has 0 bridgehead atoms. The number of hydrazone groups is 1. The van der Waals surface area contributed by atoms with Gasteiger partial charge in [0, 0.05) is 35.1 Å². The molecule has 7 rings (SSSR count). The van der Waals surface area contributed by atoms with Crippen molar-refractivity contribution in [3.63, 3.8) is 0 Å². The van der Waals surface area contributed by atoms with Gasteiger partial charge in [0.2, 0.25) is 10.3 Å². The van der Waals surface area contributed by atoms with Gasteiger partial charge in [-0.05, 0) is 124 Å². The summed E-state index contributed by atoms with van der Waals surface area (Å²) in [5.74, 6) is -0.715. The first-order valence-corrected chi connectivity index (χ1v) is 25.5. The maximum atomic E-state index is 13.7. The first kappa shape index (κ1) is 51.8. The van der Waals surface area contributed by atoms with E-state index in [1.165, 1.54) is 11.3 Å². The second-order valence-electron chi connectivity index (χ2n) is 17.0. The van der Waals surface area contributed by atoms with E-state index in [1.807, 2.05) is 49.4 Å². The molecule has 3 aromatic carbocycles. The van der Waals surface area contributed by atoms with Gasteiger partial charge in [-0.3, -0.25) is 0 Å². The molecule has 0 spiro atoms. The summed E-state index contributed by atoms with van der Waals surface area (Å²) in [6.07, 6.45) is 21.0. The Morgan fingerprint density at radius 3 is 2.11 bits per heavy atom. The zero-order valence-electron chi connectivity index (χ0n) is 40.0. The Hall–Kier alpha value is -7.01. The summed E-state index contributed by atoms with van der Waals surface area (Å²) in [4.78, 5) is 60.8. The predicted molar refractivity (Wildman–Crippen MR) is 278 cm³/mol. The third-order valence-corrected chi connectivity index (χ3v) is 13.5. The van der Waals surface area contributed by atoms with Crippen LogP contribution in [0.3, 0.4) is 0 Å². The van der Waals surface area contributed by atoms with Gasteiger partial charge in [-0.1, -0.05) is 86.5 Å². The minimum absolute atomic E-state index is 0.0899. The highest BCUT2D eigenvalue weighted by Crippen LogP contribution is 2.39. The highest BCUT2D eigenvalue weighted by atomic mass is 32.1. The number of anilines is 2. The normalized spacial score (nSPS) is 16.0. The maximum absolute atomic E-state index is 13.7. The van der Waals surface area contributed by atoms with E-state index in [4.69, 9.17) is 43.5 Å². The Morgan fingerprint density at radius 1 is 0.732 bits per heavy atom. The summed E-state index contributed by atoms with van der Waals surface area (Å²) >= 11 is 3.02. The molecule has 16 heteroatoms. The van der Waals surface area contributed by atoms with Gasteiger partial charge in [-0.2, -0.15) is 10.1 Å². The van der Waals surface area contributed by atoms with E-state index in [1.54, 1.807) is 71.1 Å². The van der Waals surface area contributed by atoms with Gasteiger partial charge in [0.15, 0.2) is 0 Å². The summed E-state index contributed by atoms with van der Waals surface area (Å²) in [5, 5.41) is 7.86. The van der Waals surface area contributed by atoms with Gasteiger partial charge in [-0.25, -0.2) is 29.1 Å². The zero-order chi connectivity index (χ0) is 50.0. The molecule has 3 unspecified atom stereocenters. The van der Waals surface area contributed by atoms with E-state index in [0.717, 1.165) is 90.7 Å². The number of unbranched alkanes of at least 4 members (excludes halogenated alkanes) is 6. The van der Waals surface area contributed by atoms with E-state index in [2.05, 4.69) is 26.2 Å². The molecule has 0 aliphatic heterocycles. The van der Waals surface area contributed by atoms with Gasteiger partial charge < -0.3 is 28.4 Å². The van der Waals surface area contributed by atoms with Crippen LogP contribution in [0, 0.1) is 11.8 Å². The fraction of sp³-hybridized carbons (Fsp3) is 0.327. The molecule has 0 saturated heterocycles. The van der Waals surface area contributed by atoms with Crippen LogP contribution in [0.1, 0.15) is 91.7 Å². The van der Waals surface area contributed by atoms with Crippen molar-refractivity contribution < 1.29 is 47.6 Å². The number of aromatic nitrogens is 2. The molecular weight excluding hydrogens is 941 g/mol. The number of rotatable bonds is 26. The van der Waals surface area contributed by atoms with Gasteiger partial charge in [0.25, 0.3) is 0 Å². The van der Waals surface area contributed by atoms with Crippen molar-refractivity contribution in [1.29, 1.82) is 0 Å². The summed E-state index contributed by atoms with van der Waals surface area (Å²) in [6, 6.07) is 19.3. The van der Waals surface area contributed by atoms with Crippen molar-refractivity contribution in [2.24, 2.45) is 16.9 Å². The monoisotopic (exact) mass is 998 g/mol. The maximum Gasteiger partial charge on any atom is 0.343 e. The lowest BCUT2D eigenvalue weighted by Crippen LogP contribution is -2.24. The van der Waals surface area contributed by atoms with E-state index in [-0.39, 0.29) is 23.5 Å². The van der Waals surface area contributed by atoms with Crippen molar-refractivity contribution in [2.45, 2.75) is 77.7 Å². The third-order valence-electron chi connectivity index (χ3n) is 11.4. The van der Waals surface area contributed by atoms with Gasteiger partial charge in [-0.15, -0.1) is 0 Å². The molecule has 14 nitrogen and oxygen atoms in total. The molecule has 5 aromatic rings. The Bertz CT molecular complexity index is 2760. The number of benzene rings is 3. The smallest absolute Gasteiger partial charge is 0.343 e. The number of para-hydroxylation sites is 1. The molecule has 2 heterocycles. The van der Waals surface area contributed by atoms with Gasteiger partial charge in [0.05, 0.1) is 59.2 Å². The van der Waals surface area contributed by atoms with E-state index in [9.17, 15) is 19.2 Å². The first-order chi connectivity index (χ1) is 34.6. The average molecular weight is 999 g/mol. The summed E-state index contributed by atoms with van der Waals surface area (Å²) in [6.45, 7) is 12.7. The minimum atomic E-state index is -0.612. The fourth-order valence-corrected chi connectivity index (χ4v) is 9.65. The molecule has 0 fully saturated rings. The van der Waals surface area contributed by atoms with Crippen LogP contribution >= 0.6 is 22.7 Å². The molecule has 2 aliphatic rings. The van der Waals surface area contributed by atoms with Crippen LogP contribution in [0.2, 0.25) is 0 Å². The highest BCUT2D eigenvalue weighted by molar-refractivity contribution is 7.22. The van der Waals surface area contributed by atoms with Crippen molar-refractivity contribution in [3.05, 3.63) is 144 Å². The molecule has 370 valence electrons. The average Bonchev–Trinajstić information content (AvgIpc) is 4.01. The standard InChI is InChI=1S/C55H58N4O10S2/c1-5-50(60)66-31-15-9-7-13-29-64-42-23-20-39(21-24-42)52(62)69-47-28-25-43(68-53(63)40-22-27-46(38(4)34-40)65-30-14-8-10-16-32-67-51(61)6-2)35-41(47)36-56-59(54-57-44-17-11-12-18-48(44)70-54)55-58-45-26-19-37(3)33-49(45)71-55/h5-6,11-12,17-28,34-38,46H,1-2,7-10,13-16,29-33H2,3-4H3/b56-36+. The zero-order valence-corrected chi connectivity index (χ0v) is 41.6. The van der Waals surface area contributed by atoms with E-state index >= 15 is 0 Å². The number of thiazole rings is 2. The topological polar surface area (TPSA) is 165 Å². The quantitative estimate of drug-likeness (QED) is 0.0128. The molecule has 0 saturated carbocycles. The molecule has 0 amide bonds. The van der Waals surface area contributed by atoms with Gasteiger partial charge >= 0.3 is 23.9 Å². The molecule has 0 N–H and O–H groups in total. The van der Waals surface area contributed by atoms with Crippen LogP contribution in [0.25, 0.3) is 16.3 Å². The van der Waals surface area contributed by atoms with Crippen molar-refractivity contribution >= 4 is 79.3 Å². The molecule has 0 radical (unpaired) electrons. The SMILES string of the molecule is C=CC(=O)OCCCCCCOc1ccc(C(=O)Oc2ccc(OC(=O)C3=CC(C)C(OCCCCCCOC(=O)C=C)C=C3)cc2/C=N/N(c2nc3c(s2)CC(C)C=C3)c2nc3ccccc3s2)cc1. The Balaban J connectivity index is 1.05. The highest BCUT2D eigenvalue weighted by Gasteiger charge is 2.25. The number of nitrogens with zero attached hydrogens (tertiary/aromatic N) is 4. The number of hydrogen-bond acceptors (Lipinski definition) is 16. The number of hydrogen-bond donors (Lipinski definition) is 0. The van der Waals surface area contributed by atoms with Crippen molar-refractivity contribution in [1.82, 2.24) is 9.97 Å². The van der Waals surface area contributed by atoms with E-state index < -0.39 is 23.9 Å². The van der Waals surface area contributed by atoms with Crippen molar-refractivity contribution in [2.75, 3.05) is 31.4 Å². The second-order valence-corrected chi connectivity index (χ2v) is 19.0. The van der Waals surface area contributed by atoms with Crippen LogP contribution in [-0.4, -0.2) is 72.6 Å². The van der Waals surface area contributed by atoms with Gasteiger partial charge in [0.1, 0.15) is 17.2 Å². The first-order valence-electron chi connectivity index (χ1n) is 23.9. The minimum Gasteiger partial charge on any atom is -0.494 e. The lowest BCUT2D eigenvalue weighted by Gasteiger charge is -2.23. The van der Waals surface area contributed by atoms with E-state index in [0.29, 0.717) is 65.1 Å². The molecule has 2 aliphatic carbocycles. The Kier molecular flexibility index (Phi) is 19.2. The molecule has 3 atom stereocenters. The van der Waals surface area contributed by atoms with Crippen LogP contribution in [0.4, 0.5) is 10.3 Å². The Labute approximate surface area is 422 Å². The largest absolute Gasteiger partial charge is 0.494 e. The Morgan fingerprint density at radius 2 is 1.41 bits per heavy atom. The number of esters is 4. The van der Waals surface area contributed by atoms with Crippen LogP contribution in [-0.2, 0) is 35.0 Å². The summed E-state index contributed by atoms with van der Waals surface area (Å²) in [5.41, 5.74) is 2.75. The predicted octanol–water partition coefficient (Wildman–Crippen LogP) is 11.7. The fourth-order valence-electron chi connectivity index (χ4n) is 7.52. The number of allylic oxidation sites excluding steroid dienone is 1. The van der Waals surface area contributed by atoms with Crippen molar-refractivity contribution in [3.8, 4) is 17.2 Å². The second kappa shape index (κ2) is 26.3. The number of ether oxygens (including phenoxy) is 6. The molecule has 71 heavy (non-hydrogen) atoms. The lowest BCUT2D eigenvalue weighted by molar-refractivity contribution is -0.138.